The summed E-state index contributed by atoms with van der Waals surface area (Å²) >= 11 is 19.4. The number of rotatable bonds is 8. The van der Waals surface area contributed by atoms with E-state index in [9.17, 15) is 32.9 Å². The van der Waals surface area contributed by atoms with Gasteiger partial charge in [0.05, 0.1) is 32.7 Å². The zero-order chi connectivity index (χ0) is 33.3. The van der Waals surface area contributed by atoms with Gasteiger partial charge in [-0.3, -0.25) is 19.5 Å². The van der Waals surface area contributed by atoms with Crippen LogP contribution in [-0.4, -0.2) is 28.2 Å². The first-order valence-electron chi connectivity index (χ1n) is 13.2. The molecular weight excluding hydrogens is 694 g/mol. The van der Waals surface area contributed by atoms with Crippen LogP contribution in [0.2, 0.25) is 15.1 Å². The number of benzene rings is 3. The molecule has 1 atom stereocenters. The topological polar surface area (TPSA) is 113 Å². The molecule has 0 fully saturated rings. The Bertz CT molecular complexity index is 2060. The van der Waals surface area contributed by atoms with Gasteiger partial charge in [-0.2, -0.15) is 13.2 Å². The number of non-ortho nitro benzene ring substituents is 1. The number of alkyl halides is 3. The van der Waals surface area contributed by atoms with Crippen LogP contribution in [-0.2, 0) is 16.1 Å². The Balaban J connectivity index is 1.67. The van der Waals surface area contributed by atoms with E-state index in [0.717, 1.165) is 4.57 Å². The van der Waals surface area contributed by atoms with Crippen molar-refractivity contribution < 1.29 is 32.4 Å². The maximum absolute atomic E-state index is 14.4. The van der Waals surface area contributed by atoms with Crippen LogP contribution < -0.4 is 19.6 Å². The lowest BCUT2D eigenvalue weighted by Gasteiger charge is -2.26. The average Bonchev–Trinajstić information content (AvgIpc) is 3.30. The summed E-state index contributed by atoms with van der Waals surface area (Å²) in [6.07, 6.45) is -3.73. The van der Waals surface area contributed by atoms with E-state index in [2.05, 4.69) is 4.99 Å². The average molecular weight is 713 g/mol. The molecule has 0 bridgehead atoms. The van der Waals surface area contributed by atoms with Crippen LogP contribution in [0, 0.1) is 10.1 Å². The molecule has 0 unspecified atom stereocenters. The molecular formula is C30H19Cl3F3N3O6S. The fourth-order valence-corrected chi connectivity index (χ4v) is 6.33. The molecule has 1 aliphatic rings. The first-order chi connectivity index (χ1) is 21.8. The number of aromatic nitrogens is 1. The highest BCUT2D eigenvalue weighted by molar-refractivity contribution is 7.07. The van der Waals surface area contributed by atoms with Crippen molar-refractivity contribution >= 4 is 63.9 Å². The summed E-state index contributed by atoms with van der Waals surface area (Å²) in [7, 11) is 0. The minimum atomic E-state index is -5.07. The summed E-state index contributed by atoms with van der Waals surface area (Å²) < 4.78 is 54.9. The van der Waals surface area contributed by atoms with E-state index in [1.165, 1.54) is 73.7 Å². The minimum absolute atomic E-state index is 0.0661. The Morgan fingerprint density at radius 3 is 2.37 bits per heavy atom. The van der Waals surface area contributed by atoms with Gasteiger partial charge in [0.2, 0.25) is 0 Å². The second kappa shape index (κ2) is 13.3. The molecule has 9 nitrogen and oxygen atoms in total. The summed E-state index contributed by atoms with van der Waals surface area (Å²) in [5, 5.41) is 11.5. The Hall–Kier alpha value is -4.17. The van der Waals surface area contributed by atoms with Crippen LogP contribution >= 0.6 is 46.1 Å². The molecule has 0 saturated heterocycles. The normalized spacial score (nSPS) is 14.9. The molecule has 0 N–H and O–H groups in total. The van der Waals surface area contributed by atoms with Crippen molar-refractivity contribution in [2.45, 2.75) is 25.7 Å². The van der Waals surface area contributed by atoms with Crippen LogP contribution in [0.1, 0.15) is 29.7 Å². The van der Waals surface area contributed by atoms with Crippen molar-refractivity contribution in [1.29, 1.82) is 0 Å². The molecule has 16 heteroatoms. The third-order valence-electron chi connectivity index (χ3n) is 6.63. The van der Waals surface area contributed by atoms with Crippen molar-refractivity contribution in [1.82, 2.24) is 4.57 Å². The molecule has 0 amide bonds. The van der Waals surface area contributed by atoms with Gasteiger partial charge >= 0.3 is 12.1 Å². The SMILES string of the molecule is CCOC(=O)C1=C(C(F)(F)F)N=c2s/c(=C\c3cc(Cl)cc(Cl)c3OCc3ccc([N+](=O)[O-])cc3)c(=O)n2[C@H]1c1ccc(Cl)cc1. The van der Waals surface area contributed by atoms with Crippen LogP contribution in [0.15, 0.2) is 81.7 Å². The number of allylic oxidation sites excluding steroid dienone is 1. The van der Waals surface area contributed by atoms with Gasteiger partial charge in [-0.25, -0.2) is 9.79 Å². The molecule has 1 aromatic heterocycles. The number of esters is 1. The summed E-state index contributed by atoms with van der Waals surface area (Å²) in [6.45, 7) is 1.15. The molecule has 2 heterocycles. The monoisotopic (exact) mass is 711 g/mol. The number of thiazole rings is 1. The number of hydrogen-bond acceptors (Lipinski definition) is 8. The number of halogens is 6. The molecule has 3 aromatic carbocycles. The zero-order valence-corrected chi connectivity index (χ0v) is 26.4. The first kappa shape index (κ1) is 33.2. The molecule has 238 valence electrons. The Labute approximate surface area is 276 Å². The standard InChI is InChI=1S/C30H19Cl3F3N3O6S/c1-2-44-28(41)23-24(16-5-7-18(31)8-6-16)38-27(40)22(46-29(38)37-26(23)30(34,35)36)12-17-11-19(32)13-21(33)25(17)45-14-15-3-9-20(10-4-15)39(42)43/h3-13,24H,2,14H2,1H3/b22-12-/t24-/m0/s1. The van der Waals surface area contributed by atoms with E-state index < -0.39 is 39.9 Å². The molecule has 0 saturated carbocycles. The number of nitro benzene ring substituents is 1. The number of carbonyl (C=O) groups is 1. The smallest absolute Gasteiger partial charge is 0.434 e. The number of nitrogens with zero attached hydrogens (tertiary/aromatic N) is 3. The highest BCUT2D eigenvalue weighted by atomic mass is 35.5. The highest BCUT2D eigenvalue weighted by Gasteiger charge is 2.45. The lowest BCUT2D eigenvalue weighted by molar-refractivity contribution is -0.384. The summed E-state index contributed by atoms with van der Waals surface area (Å²) in [4.78, 5) is 40.8. The summed E-state index contributed by atoms with van der Waals surface area (Å²) in [5.41, 5.74) is -2.27. The fourth-order valence-electron chi connectivity index (χ4n) is 4.65. The lowest BCUT2D eigenvalue weighted by atomic mass is 9.95. The van der Waals surface area contributed by atoms with Gasteiger partial charge in [-0.1, -0.05) is 58.3 Å². The minimum Gasteiger partial charge on any atom is -0.487 e. The number of fused-ring (bicyclic) bond motifs is 1. The Kier molecular flexibility index (Phi) is 9.59. The quantitative estimate of drug-likeness (QED) is 0.113. The Morgan fingerprint density at radius 2 is 1.76 bits per heavy atom. The van der Waals surface area contributed by atoms with Crippen LogP contribution in [0.5, 0.6) is 5.75 Å². The number of hydrogen-bond donors (Lipinski definition) is 0. The Morgan fingerprint density at radius 1 is 1.09 bits per heavy atom. The van der Waals surface area contributed by atoms with Crippen molar-refractivity contribution in [3.05, 3.63) is 133 Å². The van der Waals surface area contributed by atoms with E-state index in [0.29, 0.717) is 16.9 Å². The van der Waals surface area contributed by atoms with Gasteiger partial charge in [0, 0.05) is 27.7 Å². The third-order valence-corrected chi connectivity index (χ3v) is 8.37. The molecule has 5 rings (SSSR count). The number of ether oxygens (including phenoxy) is 2. The van der Waals surface area contributed by atoms with E-state index in [-0.39, 0.29) is 60.2 Å². The molecule has 4 aromatic rings. The maximum atomic E-state index is 14.4. The van der Waals surface area contributed by atoms with Crippen molar-refractivity contribution in [3.63, 3.8) is 0 Å². The van der Waals surface area contributed by atoms with Gasteiger partial charge in [-0.15, -0.1) is 0 Å². The summed E-state index contributed by atoms with van der Waals surface area (Å²) in [5.74, 6) is -1.19. The van der Waals surface area contributed by atoms with E-state index >= 15 is 0 Å². The van der Waals surface area contributed by atoms with Gasteiger partial charge in [-0.05, 0) is 60.5 Å². The van der Waals surface area contributed by atoms with Gasteiger partial charge in [0.25, 0.3) is 11.2 Å². The van der Waals surface area contributed by atoms with Crippen molar-refractivity contribution in [3.8, 4) is 5.75 Å². The van der Waals surface area contributed by atoms with Gasteiger partial charge < -0.3 is 9.47 Å². The maximum Gasteiger partial charge on any atom is 0.434 e. The fraction of sp³-hybridized carbons (Fsp3) is 0.167. The second-order valence-corrected chi connectivity index (χ2v) is 11.9. The largest absolute Gasteiger partial charge is 0.487 e. The number of carbonyl (C=O) groups excluding carboxylic acids is 1. The third kappa shape index (κ3) is 6.82. The van der Waals surface area contributed by atoms with Crippen molar-refractivity contribution in [2.75, 3.05) is 6.61 Å². The molecule has 0 spiro atoms. The van der Waals surface area contributed by atoms with Crippen LogP contribution in [0.3, 0.4) is 0 Å². The van der Waals surface area contributed by atoms with Gasteiger partial charge in [0.1, 0.15) is 12.4 Å². The van der Waals surface area contributed by atoms with Crippen molar-refractivity contribution in [2.24, 2.45) is 4.99 Å². The lowest BCUT2D eigenvalue weighted by Crippen LogP contribution is -2.41. The number of nitro groups is 1. The molecule has 46 heavy (non-hydrogen) atoms. The predicted octanol–water partition coefficient (Wildman–Crippen LogP) is 6.79. The molecule has 0 aliphatic carbocycles. The summed E-state index contributed by atoms with van der Waals surface area (Å²) in [6, 6.07) is 12.6. The van der Waals surface area contributed by atoms with E-state index in [1.54, 1.807) is 0 Å². The zero-order valence-electron chi connectivity index (χ0n) is 23.3. The van der Waals surface area contributed by atoms with Gasteiger partial charge in [0.15, 0.2) is 10.5 Å². The van der Waals surface area contributed by atoms with E-state index in [4.69, 9.17) is 44.3 Å². The van der Waals surface area contributed by atoms with E-state index in [1.807, 2.05) is 0 Å². The molecule has 1 aliphatic heterocycles. The van der Waals surface area contributed by atoms with Crippen LogP contribution in [0.25, 0.3) is 6.08 Å². The predicted molar refractivity (Wildman–Crippen MR) is 166 cm³/mol. The molecule has 0 radical (unpaired) electrons. The second-order valence-electron chi connectivity index (χ2n) is 9.63. The highest BCUT2D eigenvalue weighted by Crippen LogP contribution is 2.39. The first-order valence-corrected chi connectivity index (χ1v) is 15.1. The van der Waals surface area contributed by atoms with Crippen LogP contribution in [0.4, 0.5) is 18.9 Å².